The molecule has 1 fully saturated rings. The Kier molecular flexibility index (Phi) is 9.41. The van der Waals surface area contributed by atoms with Gasteiger partial charge in [0.25, 0.3) is 0 Å². The van der Waals surface area contributed by atoms with Gasteiger partial charge in [0, 0.05) is 31.9 Å². The summed E-state index contributed by atoms with van der Waals surface area (Å²) in [7, 11) is 0. The van der Waals surface area contributed by atoms with Crippen molar-refractivity contribution in [1.29, 1.82) is 0 Å². The van der Waals surface area contributed by atoms with Gasteiger partial charge in [-0.3, -0.25) is 9.69 Å². The molecule has 4 nitrogen and oxygen atoms in total. The van der Waals surface area contributed by atoms with Crippen molar-refractivity contribution < 1.29 is 14.3 Å². The molecule has 164 valence electrons. The van der Waals surface area contributed by atoms with Gasteiger partial charge in [-0.2, -0.15) is 0 Å². The SMILES string of the molecule is CCCCC(CCC)(C[C@@H](C)CCN1CCN(c2ccc(F)cc2)CC1)C(=O)O. The Morgan fingerprint density at radius 3 is 2.31 bits per heavy atom. The van der Waals surface area contributed by atoms with Gasteiger partial charge in [-0.25, -0.2) is 4.39 Å². The van der Waals surface area contributed by atoms with Crippen molar-refractivity contribution in [3.63, 3.8) is 0 Å². The molecule has 0 aromatic heterocycles. The molecule has 0 bridgehead atoms. The molecule has 1 saturated heterocycles. The summed E-state index contributed by atoms with van der Waals surface area (Å²) in [5, 5.41) is 9.96. The van der Waals surface area contributed by atoms with Gasteiger partial charge in [-0.15, -0.1) is 0 Å². The maximum atomic E-state index is 13.1. The highest BCUT2D eigenvalue weighted by Crippen LogP contribution is 2.38. The molecule has 1 aromatic rings. The van der Waals surface area contributed by atoms with Crippen LogP contribution in [0.25, 0.3) is 0 Å². The Morgan fingerprint density at radius 1 is 1.10 bits per heavy atom. The molecular formula is C24H39FN2O2. The maximum Gasteiger partial charge on any atom is 0.309 e. The number of piperazine rings is 1. The van der Waals surface area contributed by atoms with Crippen LogP contribution in [0.15, 0.2) is 24.3 Å². The molecule has 0 spiro atoms. The van der Waals surface area contributed by atoms with Gasteiger partial charge in [-0.1, -0.05) is 40.0 Å². The first-order valence-corrected chi connectivity index (χ1v) is 11.4. The number of aliphatic carboxylic acids is 1. The van der Waals surface area contributed by atoms with E-state index in [1.165, 1.54) is 12.1 Å². The van der Waals surface area contributed by atoms with Crippen molar-refractivity contribution >= 4 is 11.7 Å². The Bertz CT molecular complexity index is 614. The summed E-state index contributed by atoms with van der Waals surface area (Å²) in [4.78, 5) is 16.9. The largest absolute Gasteiger partial charge is 0.481 e. The lowest BCUT2D eigenvalue weighted by Crippen LogP contribution is -2.47. The van der Waals surface area contributed by atoms with Crippen LogP contribution < -0.4 is 4.90 Å². The number of hydrogen-bond acceptors (Lipinski definition) is 3. The molecule has 0 saturated carbocycles. The van der Waals surface area contributed by atoms with E-state index in [0.717, 1.165) is 83.4 Å². The Morgan fingerprint density at radius 2 is 1.76 bits per heavy atom. The second kappa shape index (κ2) is 11.5. The number of benzene rings is 1. The molecule has 2 atom stereocenters. The van der Waals surface area contributed by atoms with E-state index in [1.54, 1.807) is 0 Å². The molecule has 0 aliphatic carbocycles. The molecule has 2 rings (SSSR count). The summed E-state index contributed by atoms with van der Waals surface area (Å²) in [6.07, 6.45) is 6.37. The lowest BCUT2D eigenvalue weighted by molar-refractivity contribution is -0.151. The smallest absolute Gasteiger partial charge is 0.309 e. The minimum atomic E-state index is -0.604. The molecule has 1 aliphatic rings. The van der Waals surface area contributed by atoms with Gasteiger partial charge in [0.05, 0.1) is 5.41 Å². The van der Waals surface area contributed by atoms with Crippen LogP contribution in [0.3, 0.4) is 0 Å². The lowest BCUT2D eigenvalue weighted by atomic mass is 9.72. The van der Waals surface area contributed by atoms with Crippen LogP contribution in [0.2, 0.25) is 0 Å². The lowest BCUT2D eigenvalue weighted by Gasteiger charge is -2.37. The number of unbranched alkanes of at least 4 members (excludes halogenated alkanes) is 1. The highest BCUT2D eigenvalue weighted by molar-refractivity contribution is 5.74. The minimum absolute atomic E-state index is 0.194. The van der Waals surface area contributed by atoms with Crippen LogP contribution in [-0.2, 0) is 4.79 Å². The maximum absolute atomic E-state index is 13.1. The summed E-state index contributed by atoms with van der Waals surface area (Å²) in [6, 6.07) is 6.74. The van der Waals surface area contributed by atoms with E-state index in [1.807, 2.05) is 12.1 Å². The number of rotatable bonds is 12. The predicted molar refractivity (Wildman–Crippen MR) is 118 cm³/mol. The van der Waals surface area contributed by atoms with Gasteiger partial charge in [0.15, 0.2) is 0 Å². The molecule has 1 heterocycles. The third-order valence-corrected chi connectivity index (χ3v) is 6.43. The van der Waals surface area contributed by atoms with Crippen LogP contribution >= 0.6 is 0 Å². The van der Waals surface area contributed by atoms with Gasteiger partial charge >= 0.3 is 5.97 Å². The van der Waals surface area contributed by atoms with Crippen molar-refractivity contribution in [2.24, 2.45) is 11.3 Å². The van der Waals surface area contributed by atoms with E-state index in [4.69, 9.17) is 0 Å². The fourth-order valence-electron chi connectivity index (χ4n) is 4.68. The zero-order chi connectivity index (χ0) is 21.3. The number of carboxylic acids is 1. The van der Waals surface area contributed by atoms with Gasteiger partial charge in [-0.05, 0) is 62.4 Å². The molecule has 0 amide bonds. The van der Waals surface area contributed by atoms with E-state index >= 15 is 0 Å². The van der Waals surface area contributed by atoms with Crippen molar-refractivity contribution in [3.8, 4) is 0 Å². The van der Waals surface area contributed by atoms with Gasteiger partial charge in [0.1, 0.15) is 5.82 Å². The van der Waals surface area contributed by atoms with Gasteiger partial charge < -0.3 is 10.0 Å². The molecule has 0 radical (unpaired) electrons. The second-order valence-corrected chi connectivity index (χ2v) is 8.84. The molecule has 29 heavy (non-hydrogen) atoms. The number of anilines is 1. The quantitative estimate of drug-likeness (QED) is 0.503. The zero-order valence-electron chi connectivity index (χ0n) is 18.5. The molecule has 1 unspecified atom stereocenters. The Balaban J connectivity index is 1.81. The average Bonchev–Trinajstić information content (AvgIpc) is 2.71. The van der Waals surface area contributed by atoms with Crippen LogP contribution in [-0.4, -0.2) is 48.7 Å². The van der Waals surface area contributed by atoms with E-state index < -0.39 is 11.4 Å². The van der Waals surface area contributed by atoms with E-state index in [-0.39, 0.29) is 5.82 Å². The van der Waals surface area contributed by atoms with E-state index in [9.17, 15) is 14.3 Å². The fraction of sp³-hybridized carbons (Fsp3) is 0.708. The number of carboxylic acid groups (broad SMARTS) is 1. The highest BCUT2D eigenvalue weighted by Gasteiger charge is 2.38. The van der Waals surface area contributed by atoms with Crippen LogP contribution in [0, 0.1) is 17.2 Å². The van der Waals surface area contributed by atoms with Crippen LogP contribution in [0.5, 0.6) is 0 Å². The molecule has 1 aliphatic heterocycles. The first kappa shape index (κ1) is 23.7. The summed E-state index contributed by atoms with van der Waals surface area (Å²) < 4.78 is 13.1. The molecule has 1 aromatic carbocycles. The first-order valence-electron chi connectivity index (χ1n) is 11.4. The third kappa shape index (κ3) is 6.98. The van der Waals surface area contributed by atoms with Crippen LogP contribution in [0.4, 0.5) is 10.1 Å². The van der Waals surface area contributed by atoms with Crippen molar-refractivity contribution in [2.75, 3.05) is 37.6 Å². The standard InChI is InChI=1S/C24H39FN2O2/c1-4-6-13-24(12-5-2,23(28)29)19-20(3)11-14-26-15-17-27(18-16-26)22-9-7-21(25)8-10-22/h7-10,20H,4-6,11-19H2,1-3H3,(H,28,29)/t20-,24?/m0/s1. The summed E-state index contributed by atoms with van der Waals surface area (Å²) in [6.45, 7) is 11.4. The average molecular weight is 407 g/mol. The Hall–Kier alpha value is -1.62. The number of halogens is 1. The normalized spacial score (nSPS) is 18.4. The molecule has 1 N–H and O–H groups in total. The molecular weight excluding hydrogens is 367 g/mol. The minimum Gasteiger partial charge on any atom is -0.481 e. The number of hydrogen-bond donors (Lipinski definition) is 1. The van der Waals surface area contributed by atoms with Crippen molar-refractivity contribution in [1.82, 2.24) is 4.90 Å². The molecule has 5 heteroatoms. The highest BCUT2D eigenvalue weighted by atomic mass is 19.1. The van der Waals surface area contributed by atoms with Crippen LogP contribution in [0.1, 0.15) is 65.7 Å². The number of nitrogens with zero attached hydrogens (tertiary/aromatic N) is 2. The topological polar surface area (TPSA) is 43.8 Å². The monoisotopic (exact) mass is 406 g/mol. The summed E-state index contributed by atoms with van der Waals surface area (Å²) in [5.74, 6) is -0.391. The summed E-state index contributed by atoms with van der Waals surface area (Å²) in [5.41, 5.74) is 0.534. The van der Waals surface area contributed by atoms with E-state index in [2.05, 4.69) is 30.6 Å². The van der Waals surface area contributed by atoms with Crippen molar-refractivity contribution in [3.05, 3.63) is 30.1 Å². The second-order valence-electron chi connectivity index (χ2n) is 8.84. The Labute approximate surface area is 176 Å². The zero-order valence-corrected chi connectivity index (χ0v) is 18.5. The van der Waals surface area contributed by atoms with Gasteiger partial charge in [0.2, 0.25) is 0 Å². The van der Waals surface area contributed by atoms with E-state index in [0.29, 0.717) is 5.92 Å². The first-order chi connectivity index (χ1) is 13.9. The third-order valence-electron chi connectivity index (χ3n) is 6.43. The number of carbonyl (C=O) groups is 1. The fourth-order valence-corrected chi connectivity index (χ4v) is 4.68. The van der Waals surface area contributed by atoms with Crippen molar-refractivity contribution in [2.45, 2.75) is 65.7 Å². The summed E-state index contributed by atoms with van der Waals surface area (Å²) >= 11 is 0. The predicted octanol–water partition coefficient (Wildman–Crippen LogP) is 5.43.